The summed E-state index contributed by atoms with van der Waals surface area (Å²) in [6.45, 7) is 5.62. The standard InChI is InChI=1S/C28H34F6N2O4/c1-4-8-22-17-23(26(39,27(29,30)31)28(32,33)34)13-14-24(22)40-16-7-6-15-36(18-37)25(38)35-19(3)21-11-9-20(5-2)10-12-21/h9-14,17-19,39H,4-8,15-16H2,1-3H3,(H,35,38). The van der Waals surface area contributed by atoms with E-state index in [0.717, 1.165) is 28.5 Å². The molecule has 0 saturated carbocycles. The Labute approximate surface area is 229 Å². The lowest BCUT2D eigenvalue weighted by Crippen LogP contribution is -2.53. The Kier molecular flexibility index (Phi) is 11.4. The molecule has 0 fully saturated rings. The van der Waals surface area contributed by atoms with Gasteiger partial charge in [-0.15, -0.1) is 0 Å². The molecule has 0 aliphatic rings. The zero-order chi connectivity index (χ0) is 30.1. The minimum absolute atomic E-state index is 0.0351. The highest BCUT2D eigenvalue weighted by molar-refractivity contribution is 5.84. The molecule has 2 aromatic carbocycles. The van der Waals surface area contributed by atoms with Crippen LogP contribution in [-0.4, -0.2) is 48.0 Å². The van der Waals surface area contributed by atoms with Crippen LogP contribution in [0.4, 0.5) is 31.1 Å². The average Bonchev–Trinajstić information content (AvgIpc) is 2.89. The van der Waals surface area contributed by atoms with Crippen LogP contribution in [-0.2, 0) is 23.2 Å². The number of carbonyl (C=O) groups excluding carboxylic acids is 2. The Bertz CT molecular complexity index is 1110. The SMILES string of the molecule is CCCc1cc(C(O)(C(F)(F)F)C(F)(F)F)ccc1OCCCCN(C=O)C(=O)NC(C)c1ccc(CC)cc1. The molecule has 1 unspecified atom stereocenters. The van der Waals surface area contributed by atoms with Gasteiger partial charge in [0.2, 0.25) is 6.41 Å². The van der Waals surface area contributed by atoms with E-state index in [9.17, 15) is 41.0 Å². The van der Waals surface area contributed by atoms with Crippen LogP contribution in [0.5, 0.6) is 5.75 Å². The van der Waals surface area contributed by atoms with Crippen molar-refractivity contribution in [3.05, 3.63) is 64.7 Å². The second-order valence-corrected chi connectivity index (χ2v) is 9.40. The number of imide groups is 1. The van der Waals surface area contributed by atoms with Gasteiger partial charge in [0.1, 0.15) is 5.75 Å². The van der Waals surface area contributed by atoms with Crippen molar-refractivity contribution in [2.75, 3.05) is 13.2 Å². The lowest BCUT2D eigenvalue weighted by molar-refractivity contribution is -0.376. The number of carbonyl (C=O) groups is 2. The Hall–Kier alpha value is -3.28. The van der Waals surface area contributed by atoms with Crippen LogP contribution in [0.1, 0.15) is 68.3 Å². The highest BCUT2D eigenvalue weighted by atomic mass is 19.4. The largest absolute Gasteiger partial charge is 0.493 e. The molecule has 40 heavy (non-hydrogen) atoms. The van der Waals surface area contributed by atoms with Crippen LogP contribution in [0.3, 0.4) is 0 Å². The zero-order valence-corrected chi connectivity index (χ0v) is 22.5. The van der Waals surface area contributed by atoms with Crippen molar-refractivity contribution in [2.24, 2.45) is 0 Å². The van der Waals surface area contributed by atoms with Gasteiger partial charge < -0.3 is 15.2 Å². The maximum absolute atomic E-state index is 13.3. The summed E-state index contributed by atoms with van der Waals surface area (Å²) >= 11 is 0. The highest BCUT2D eigenvalue weighted by Gasteiger charge is 2.71. The molecule has 6 nitrogen and oxygen atoms in total. The Morgan fingerprint density at radius 3 is 2.17 bits per heavy atom. The lowest BCUT2D eigenvalue weighted by Gasteiger charge is -2.33. The molecular weight excluding hydrogens is 542 g/mol. The van der Waals surface area contributed by atoms with Gasteiger partial charge in [-0.05, 0) is 61.4 Å². The summed E-state index contributed by atoms with van der Waals surface area (Å²) in [6.07, 6.45) is -9.47. The van der Waals surface area contributed by atoms with E-state index < -0.39 is 29.5 Å². The number of nitrogens with zero attached hydrogens (tertiary/aromatic N) is 1. The summed E-state index contributed by atoms with van der Waals surface area (Å²) in [5.74, 6) is 0.0881. The van der Waals surface area contributed by atoms with Crippen molar-refractivity contribution in [1.82, 2.24) is 10.2 Å². The summed E-state index contributed by atoms with van der Waals surface area (Å²) in [4.78, 5) is 24.9. The van der Waals surface area contributed by atoms with Crippen LogP contribution in [0.2, 0.25) is 0 Å². The molecule has 0 aromatic heterocycles. The van der Waals surface area contributed by atoms with E-state index >= 15 is 0 Å². The number of halogens is 6. The maximum atomic E-state index is 13.3. The number of aryl methyl sites for hydroxylation is 2. The molecule has 0 spiro atoms. The third-order valence-corrected chi connectivity index (χ3v) is 6.49. The average molecular weight is 577 g/mol. The van der Waals surface area contributed by atoms with Gasteiger partial charge >= 0.3 is 18.4 Å². The number of alkyl halides is 6. The van der Waals surface area contributed by atoms with E-state index in [0.29, 0.717) is 37.8 Å². The second kappa shape index (κ2) is 13.9. The number of hydrogen-bond acceptors (Lipinski definition) is 4. The van der Waals surface area contributed by atoms with Crippen molar-refractivity contribution >= 4 is 12.4 Å². The summed E-state index contributed by atoms with van der Waals surface area (Å²) in [7, 11) is 0. The van der Waals surface area contributed by atoms with Crippen molar-refractivity contribution < 1.29 is 45.8 Å². The van der Waals surface area contributed by atoms with Crippen molar-refractivity contribution in [3.63, 3.8) is 0 Å². The molecular formula is C28H34F6N2O4. The van der Waals surface area contributed by atoms with Gasteiger partial charge in [0.15, 0.2) is 0 Å². The first-order valence-electron chi connectivity index (χ1n) is 12.9. The lowest BCUT2D eigenvalue weighted by atomic mass is 9.90. The number of amides is 3. The first-order chi connectivity index (χ1) is 18.7. The molecule has 1 atom stereocenters. The predicted octanol–water partition coefficient (Wildman–Crippen LogP) is 6.60. The molecule has 0 heterocycles. The number of rotatable bonds is 13. The molecule has 2 N–H and O–H groups in total. The van der Waals surface area contributed by atoms with Gasteiger partial charge in [0, 0.05) is 12.1 Å². The first-order valence-corrected chi connectivity index (χ1v) is 12.9. The van der Waals surface area contributed by atoms with E-state index in [1.165, 1.54) is 0 Å². The monoisotopic (exact) mass is 576 g/mol. The Morgan fingerprint density at radius 1 is 1.02 bits per heavy atom. The summed E-state index contributed by atoms with van der Waals surface area (Å²) in [6, 6.07) is 8.99. The first kappa shape index (κ1) is 32.9. The number of nitrogens with one attached hydrogen (secondary N) is 1. The number of urea groups is 1. The molecule has 222 valence electrons. The fourth-order valence-corrected chi connectivity index (χ4v) is 4.06. The molecule has 2 rings (SSSR count). The molecule has 12 heteroatoms. The Balaban J connectivity index is 1.97. The van der Waals surface area contributed by atoms with Gasteiger partial charge in [0.05, 0.1) is 12.6 Å². The van der Waals surface area contributed by atoms with Crippen molar-refractivity contribution in [1.29, 1.82) is 0 Å². The summed E-state index contributed by atoms with van der Waals surface area (Å²) < 4.78 is 85.2. The van der Waals surface area contributed by atoms with E-state index in [4.69, 9.17) is 4.74 Å². The number of hydrogen-bond donors (Lipinski definition) is 2. The van der Waals surface area contributed by atoms with Crippen LogP contribution >= 0.6 is 0 Å². The van der Waals surface area contributed by atoms with Gasteiger partial charge in [-0.2, -0.15) is 26.3 Å². The second-order valence-electron chi connectivity index (χ2n) is 9.40. The third kappa shape index (κ3) is 7.89. The fourth-order valence-electron chi connectivity index (χ4n) is 4.06. The number of ether oxygens (including phenoxy) is 1. The minimum atomic E-state index is -5.98. The topological polar surface area (TPSA) is 78.9 Å². The summed E-state index contributed by atoms with van der Waals surface area (Å²) in [5.41, 5.74) is -4.24. The minimum Gasteiger partial charge on any atom is -0.493 e. The molecule has 3 amide bonds. The van der Waals surface area contributed by atoms with E-state index in [-0.39, 0.29) is 36.9 Å². The molecule has 2 aromatic rings. The quantitative estimate of drug-likeness (QED) is 0.160. The molecule has 0 aliphatic carbocycles. The van der Waals surface area contributed by atoms with Gasteiger partial charge in [0.25, 0.3) is 5.60 Å². The molecule has 0 bridgehead atoms. The smallest absolute Gasteiger partial charge is 0.430 e. The van der Waals surface area contributed by atoms with E-state index in [2.05, 4.69) is 5.32 Å². The van der Waals surface area contributed by atoms with E-state index in [1.54, 1.807) is 13.8 Å². The number of unbranched alkanes of at least 4 members (excludes halogenated alkanes) is 1. The normalized spacial score (nSPS) is 13.1. The van der Waals surface area contributed by atoms with Crippen molar-refractivity contribution in [3.8, 4) is 5.75 Å². The predicted molar refractivity (Wildman–Crippen MR) is 137 cm³/mol. The van der Waals surface area contributed by atoms with Gasteiger partial charge in [-0.25, -0.2) is 4.79 Å². The van der Waals surface area contributed by atoms with Crippen LogP contribution < -0.4 is 10.1 Å². The fraction of sp³-hybridized carbons (Fsp3) is 0.500. The summed E-state index contributed by atoms with van der Waals surface area (Å²) in [5, 5.41) is 12.4. The molecule has 0 saturated heterocycles. The van der Waals surface area contributed by atoms with Crippen molar-refractivity contribution in [2.45, 2.75) is 76.9 Å². The van der Waals surface area contributed by atoms with Crippen LogP contribution in [0.25, 0.3) is 0 Å². The molecule has 0 radical (unpaired) electrons. The number of benzene rings is 2. The third-order valence-electron chi connectivity index (χ3n) is 6.49. The molecule has 0 aliphatic heterocycles. The van der Waals surface area contributed by atoms with Crippen LogP contribution in [0.15, 0.2) is 42.5 Å². The highest BCUT2D eigenvalue weighted by Crippen LogP contribution is 2.50. The van der Waals surface area contributed by atoms with Gasteiger partial charge in [-0.1, -0.05) is 50.6 Å². The number of aliphatic hydroxyl groups is 1. The maximum Gasteiger partial charge on any atom is 0.430 e. The van der Waals surface area contributed by atoms with E-state index in [1.807, 2.05) is 31.2 Å². The van der Waals surface area contributed by atoms with Gasteiger partial charge in [-0.3, -0.25) is 9.69 Å². The van der Waals surface area contributed by atoms with Crippen LogP contribution in [0, 0.1) is 0 Å². The zero-order valence-electron chi connectivity index (χ0n) is 22.5. The Morgan fingerprint density at radius 2 is 1.65 bits per heavy atom.